The molecule has 13 heavy (non-hydrogen) atoms. The Kier molecular flexibility index (Phi) is 4.80. The third kappa shape index (κ3) is 5.49. The van der Waals surface area contributed by atoms with E-state index < -0.39 is 24.7 Å². The first-order valence-electron chi connectivity index (χ1n) is 4.10. The number of esters is 1. The summed E-state index contributed by atoms with van der Waals surface area (Å²) in [6.07, 6.45) is -3.53. The number of carbonyl (C=O) groups is 1. The minimum Gasteiger partial charge on any atom is -0.465 e. The van der Waals surface area contributed by atoms with Crippen LogP contribution in [0.5, 0.6) is 0 Å². The lowest BCUT2D eigenvalue weighted by Gasteiger charge is -2.15. The summed E-state index contributed by atoms with van der Waals surface area (Å²) in [6.45, 7) is 2.16. The van der Waals surface area contributed by atoms with Gasteiger partial charge in [-0.1, -0.05) is 13.8 Å². The summed E-state index contributed by atoms with van der Waals surface area (Å²) in [7, 11) is 0. The zero-order valence-corrected chi connectivity index (χ0v) is 7.65. The van der Waals surface area contributed by atoms with Crippen LogP contribution in [0.1, 0.15) is 26.7 Å². The van der Waals surface area contributed by atoms with Crippen molar-refractivity contribution in [1.82, 2.24) is 0 Å². The monoisotopic (exact) mass is 198 g/mol. The van der Waals surface area contributed by atoms with Crippen LogP contribution in [0.2, 0.25) is 0 Å². The van der Waals surface area contributed by atoms with E-state index in [1.165, 1.54) is 0 Å². The van der Waals surface area contributed by atoms with Crippen molar-refractivity contribution in [3.63, 3.8) is 0 Å². The number of carbonyl (C=O) groups excluding carboxylic acids is 1. The summed E-state index contributed by atoms with van der Waals surface area (Å²) in [6, 6.07) is 0. The summed E-state index contributed by atoms with van der Waals surface area (Å²) in [5.74, 6) is -2.16. The number of rotatable bonds is 4. The standard InChI is InChI=1S/C8H13F3O2/c1-3-4-7(12)13-5-6(2)8(9,10)11/h6H,3-5H2,1-2H3. The van der Waals surface area contributed by atoms with E-state index in [1.807, 2.05) is 0 Å². The van der Waals surface area contributed by atoms with Gasteiger partial charge < -0.3 is 4.74 Å². The van der Waals surface area contributed by atoms with Gasteiger partial charge in [-0.3, -0.25) is 4.79 Å². The molecule has 0 fully saturated rings. The molecule has 78 valence electrons. The summed E-state index contributed by atoms with van der Waals surface area (Å²) in [5.41, 5.74) is 0. The Balaban J connectivity index is 3.70. The maximum atomic E-state index is 11.9. The third-order valence-corrected chi connectivity index (χ3v) is 1.51. The zero-order chi connectivity index (χ0) is 10.5. The smallest absolute Gasteiger partial charge is 0.394 e. The van der Waals surface area contributed by atoms with Gasteiger partial charge in [-0.05, 0) is 6.42 Å². The lowest BCUT2D eigenvalue weighted by molar-refractivity contribution is -0.186. The highest BCUT2D eigenvalue weighted by Gasteiger charge is 2.36. The van der Waals surface area contributed by atoms with E-state index in [-0.39, 0.29) is 6.42 Å². The quantitative estimate of drug-likeness (QED) is 0.649. The highest BCUT2D eigenvalue weighted by Crippen LogP contribution is 2.25. The molecule has 0 aliphatic heterocycles. The molecule has 0 N–H and O–H groups in total. The fraction of sp³-hybridized carbons (Fsp3) is 0.875. The Hall–Kier alpha value is -0.740. The van der Waals surface area contributed by atoms with Gasteiger partial charge in [-0.15, -0.1) is 0 Å². The second-order valence-corrected chi connectivity index (χ2v) is 2.88. The van der Waals surface area contributed by atoms with Gasteiger partial charge in [0.25, 0.3) is 0 Å². The van der Waals surface area contributed by atoms with Gasteiger partial charge in [0.15, 0.2) is 0 Å². The molecule has 0 radical (unpaired) electrons. The van der Waals surface area contributed by atoms with Gasteiger partial charge in [0.1, 0.15) is 6.61 Å². The fourth-order valence-electron chi connectivity index (χ4n) is 0.589. The van der Waals surface area contributed by atoms with Crippen LogP contribution in [0.15, 0.2) is 0 Å². The van der Waals surface area contributed by atoms with E-state index in [1.54, 1.807) is 6.92 Å². The van der Waals surface area contributed by atoms with Crippen LogP contribution in [-0.2, 0) is 9.53 Å². The predicted octanol–water partition coefficient (Wildman–Crippen LogP) is 2.53. The molecule has 2 nitrogen and oxygen atoms in total. The molecule has 5 heteroatoms. The molecular weight excluding hydrogens is 185 g/mol. The Bertz CT molecular complexity index is 165. The molecule has 1 atom stereocenters. The van der Waals surface area contributed by atoms with Crippen molar-refractivity contribution in [3.05, 3.63) is 0 Å². The lowest BCUT2D eigenvalue weighted by Crippen LogP contribution is -2.25. The van der Waals surface area contributed by atoms with Crippen LogP contribution < -0.4 is 0 Å². The Morgan fingerprint density at radius 2 is 2.00 bits per heavy atom. The molecule has 0 aromatic rings. The Morgan fingerprint density at radius 1 is 1.46 bits per heavy atom. The molecular formula is C8H13F3O2. The minimum atomic E-state index is -4.29. The van der Waals surface area contributed by atoms with E-state index in [0.717, 1.165) is 6.92 Å². The number of halogens is 3. The summed E-state index contributed by atoms with van der Waals surface area (Å²) < 4.78 is 40.1. The average molecular weight is 198 g/mol. The number of hydrogen-bond acceptors (Lipinski definition) is 2. The molecule has 0 heterocycles. The van der Waals surface area contributed by atoms with Crippen molar-refractivity contribution in [2.75, 3.05) is 6.61 Å². The SMILES string of the molecule is CCCC(=O)OCC(C)C(F)(F)F. The van der Waals surface area contributed by atoms with Crippen molar-refractivity contribution < 1.29 is 22.7 Å². The Morgan fingerprint density at radius 3 is 2.38 bits per heavy atom. The van der Waals surface area contributed by atoms with Gasteiger partial charge in [-0.25, -0.2) is 0 Å². The maximum absolute atomic E-state index is 11.9. The fourth-order valence-corrected chi connectivity index (χ4v) is 0.589. The highest BCUT2D eigenvalue weighted by atomic mass is 19.4. The van der Waals surface area contributed by atoms with Gasteiger partial charge in [-0.2, -0.15) is 13.2 Å². The molecule has 0 aromatic carbocycles. The van der Waals surface area contributed by atoms with Crippen LogP contribution in [0.3, 0.4) is 0 Å². The summed E-state index contributed by atoms with van der Waals surface area (Å²) in [5, 5.41) is 0. The maximum Gasteiger partial charge on any atom is 0.394 e. The van der Waals surface area contributed by atoms with Crippen LogP contribution in [0.4, 0.5) is 13.2 Å². The van der Waals surface area contributed by atoms with Crippen molar-refractivity contribution in [2.45, 2.75) is 32.9 Å². The number of ether oxygens (including phenoxy) is 1. The molecule has 0 bridgehead atoms. The van der Waals surface area contributed by atoms with Crippen LogP contribution in [0.25, 0.3) is 0 Å². The van der Waals surface area contributed by atoms with Gasteiger partial charge in [0.2, 0.25) is 0 Å². The van der Waals surface area contributed by atoms with E-state index in [9.17, 15) is 18.0 Å². The van der Waals surface area contributed by atoms with Crippen molar-refractivity contribution in [1.29, 1.82) is 0 Å². The average Bonchev–Trinajstić information content (AvgIpc) is 1.99. The molecule has 0 aromatic heterocycles. The summed E-state index contributed by atoms with van der Waals surface area (Å²) in [4.78, 5) is 10.7. The van der Waals surface area contributed by atoms with E-state index in [2.05, 4.69) is 4.74 Å². The number of hydrogen-bond donors (Lipinski definition) is 0. The van der Waals surface area contributed by atoms with E-state index >= 15 is 0 Å². The summed E-state index contributed by atoms with van der Waals surface area (Å²) >= 11 is 0. The second kappa shape index (κ2) is 5.09. The minimum absolute atomic E-state index is 0.171. The molecule has 0 saturated heterocycles. The normalized spacial score (nSPS) is 13.9. The van der Waals surface area contributed by atoms with Crippen LogP contribution in [-0.4, -0.2) is 18.8 Å². The Labute approximate surface area is 75.1 Å². The number of alkyl halides is 3. The van der Waals surface area contributed by atoms with Crippen molar-refractivity contribution in [3.8, 4) is 0 Å². The molecule has 0 aliphatic rings. The van der Waals surface area contributed by atoms with Crippen molar-refractivity contribution in [2.24, 2.45) is 5.92 Å². The first-order valence-corrected chi connectivity index (χ1v) is 4.10. The molecule has 0 saturated carbocycles. The first-order chi connectivity index (χ1) is 5.88. The zero-order valence-electron chi connectivity index (χ0n) is 7.65. The van der Waals surface area contributed by atoms with Crippen LogP contribution >= 0.6 is 0 Å². The third-order valence-electron chi connectivity index (χ3n) is 1.51. The van der Waals surface area contributed by atoms with Gasteiger partial charge in [0, 0.05) is 6.42 Å². The second-order valence-electron chi connectivity index (χ2n) is 2.88. The highest BCUT2D eigenvalue weighted by molar-refractivity contribution is 5.69. The molecule has 0 aliphatic carbocycles. The molecule has 0 rings (SSSR count). The van der Waals surface area contributed by atoms with E-state index in [4.69, 9.17) is 0 Å². The lowest BCUT2D eigenvalue weighted by atomic mass is 10.2. The van der Waals surface area contributed by atoms with Gasteiger partial charge in [0.05, 0.1) is 5.92 Å². The van der Waals surface area contributed by atoms with Crippen molar-refractivity contribution >= 4 is 5.97 Å². The predicted molar refractivity (Wildman–Crippen MR) is 41.1 cm³/mol. The first kappa shape index (κ1) is 12.3. The largest absolute Gasteiger partial charge is 0.465 e. The molecule has 1 unspecified atom stereocenters. The topological polar surface area (TPSA) is 26.3 Å². The van der Waals surface area contributed by atoms with E-state index in [0.29, 0.717) is 6.42 Å². The van der Waals surface area contributed by atoms with Crippen LogP contribution in [0, 0.1) is 5.92 Å². The molecule has 0 amide bonds. The molecule has 0 spiro atoms. The van der Waals surface area contributed by atoms with Gasteiger partial charge >= 0.3 is 12.1 Å².